The van der Waals surface area contributed by atoms with Gasteiger partial charge in [-0.25, -0.2) is 0 Å². The summed E-state index contributed by atoms with van der Waals surface area (Å²) in [6.45, 7) is 3.94. The molecule has 0 radical (unpaired) electrons. The summed E-state index contributed by atoms with van der Waals surface area (Å²) < 4.78 is 1.74. The fourth-order valence-corrected chi connectivity index (χ4v) is 3.59. The van der Waals surface area contributed by atoms with Gasteiger partial charge >= 0.3 is 0 Å². The predicted molar refractivity (Wildman–Crippen MR) is 118 cm³/mol. The third-order valence-electron chi connectivity index (χ3n) is 4.59. The summed E-state index contributed by atoms with van der Waals surface area (Å²) in [5, 5.41) is 14.6. The SMILES string of the molecule is Cc1ccc(NC(=O)Cc2nnc(SCC(=O)NC(C)c3ccccc3)n2C)cc1. The van der Waals surface area contributed by atoms with Crippen molar-refractivity contribution < 1.29 is 9.59 Å². The number of nitrogens with zero attached hydrogens (tertiary/aromatic N) is 3. The van der Waals surface area contributed by atoms with Gasteiger partial charge in [-0.15, -0.1) is 10.2 Å². The van der Waals surface area contributed by atoms with Gasteiger partial charge in [0.2, 0.25) is 11.8 Å². The zero-order valence-corrected chi connectivity index (χ0v) is 18.1. The number of rotatable bonds is 8. The van der Waals surface area contributed by atoms with Crippen LogP contribution in [0.2, 0.25) is 0 Å². The number of anilines is 1. The zero-order chi connectivity index (χ0) is 21.5. The summed E-state index contributed by atoms with van der Waals surface area (Å²) in [6, 6.07) is 17.3. The molecule has 0 bridgehead atoms. The molecule has 0 aliphatic heterocycles. The standard InChI is InChI=1S/C22H25N5O2S/c1-15-9-11-18(12-10-15)24-20(28)13-19-25-26-22(27(19)3)30-14-21(29)23-16(2)17-7-5-4-6-8-17/h4-12,16H,13-14H2,1-3H3,(H,23,29)(H,24,28). The van der Waals surface area contributed by atoms with Gasteiger partial charge in [0.1, 0.15) is 5.82 Å². The number of hydrogen-bond donors (Lipinski definition) is 2. The number of hydrogen-bond acceptors (Lipinski definition) is 5. The molecule has 0 saturated carbocycles. The number of thioether (sulfide) groups is 1. The van der Waals surface area contributed by atoms with E-state index < -0.39 is 0 Å². The number of aromatic nitrogens is 3. The predicted octanol–water partition coefficient (Wildman–Crippen LogP) is 3.27. The molecule has 0 saturated heterocycles. The summed E-state index contributed by atoms with van der Waals surface area (Å²) in [6.07, 6.45) is 0.106. The van der Waals surface area contributed by atoms with Gasteiger partial charge in [0.25, 0.3) is 0 Å². The molecular weight excluding hydrogens is 398 g/mol. The van der Waals surface area contributed by atoms with Gasteiger partial charge in [-0.3, -0.25) is 9.59 Å². The second-order valence-electron chi connectivity index (χ2n) is 7.04. The van der Waals surface area contributed by atoms with Crippen molar-refractivity contribution in [1.82, 2.24) is 20.1 Å². The number of amides is 2. The fourth-order valence-electron chi connectivity index (χ4n) is 2.85. The van der Waals surface area contributed by atoms with Gasteiger partial charge in [-0.05, 0) is 31.5 Å². The number of benzene rings is 2. The maximum Gasteiger partial charge on any atom is 0.232 e. The van der Waals surface area contributed by atoms with Crippen molar-refractivity contribution in [2.45, 2.75) is 31.5 Å². The van der Waals surface area contributed by atoms with Crippen molar-refractivity contribution in [1.29, 1.82) is 0 Å². The molecule has 0 aliphatic rings. The van der Waals surface area contributed by atoms with E-state index in [2.05, 4.69) is 20.8 Å². The van der Waals surface area contributed by atoms with Gasteiger partial charge in [-0.2, -0.15) is 0 Å². The summed E-state index contributed by atoms with van der Waals surface area (Å²) in [5.41, 5.74) is 2.92. The van der Waals surface area contributed by atoms with Crippen LogP contribution < -0.4 is 10.6 Å². The second-order valence-corrected chi connectivity index (χ2v) is 7.98. The highest BCUT2D eigenvalue weighted by atomic mass is 32.2. The Labute approximate surface area is 180 Å². The smallest absolute Gasteiger partial charge is 0.232 e. The van der Waals surface area contributed by atoms with Gasteiger partial charge < -0.3 is 15.2 Å². The van der Waals surface area contributed by atoms with Gasteiger partial charge in [0.15, 0.2) is 5.16 Å². The van der Waals surface area contributed by atoms with Crippen molar-refractivity contribution in [3.05, 3.63) is 71.5 Å². The first-order chi connectivity index (χ1) is 14.4. The van der Waals surface area contributed by atoms with Crippen molar-refractivity contribution in [2.75, 3.05) is 11.1 Å². The molecule has 1 aromatic heterocycles. The topological polar surface area (TPSA) is 88.9 Å². The molecule has 2 N–H and O–H groups in total. The first-order valence-electron chi connectivity index (χ1n) is 9.64. The third kappa shape index (κ3) is 5.93. The van der Waals surface area contributed by atoms with Crippen LogP contribution in [0, 0.1) is 6.92 Å². The van der Waals surface area contributed by atoms with Gasteiger partial charge in [0, 0.05) is 12.7 Å². The molecule has 156 valence electrons. The van der Waals surface area contributed by atoms with Crippen LogP contribution in [0.15, 0.2) is 59.8 Å². The molecular formula is C22H25N5O2S. The van der Waals surface area contributed by atoms with Crippen LogP contribution in [0.25, 0.3) is 0 Å². The molecule has 30 heavy (non-hydrogen) atoms. The second kappa shape index (κ2) is 10.1. The Balaban J connectivity index is 1.50. The van der Waals surface area contributed by atoms with Crippen molar-refractivity contribution in [3.8, 4) is 0 Å². The van der Waals surface area contributed by atoms with E-state index in [0.29, 0.717) is 11.0 Å². The summed E-state index contributed by atoms with van der Waals surface area (Å²) in [4.78, 5) is 24.6. The third-order valence-corrected chi connectivity index (χ3v) is 5.61. The molecule has 3 aromatic rings. The van der Waals surface area contributed by atoms with Crippen LogP contribution in [-0.4, -0.2) is 32.3 Å². The maximum atomic E-state index is 12.3. The lowest BCUT2D eigenvalue weighted by atomic mass is 10.1. The zero-order valence-electron chi connectivity index (χ0n) is 17.3. The Morgan fingerprint density at radius 3 is 2.43 bits per heavy atom. The first kappa shape index (κ1) is 21.6. The molecule has 1 heterocycles. The lowest BCUT2D eigenvalue weighted by molar-refractivity contribution is -0.119. The molecule has 7 nitrogen and oxygen atoms in total. The minimum atomic E-state index is -0.166. The Kier molecular flexibility index (Phi) is 7.24. The van der Waals surface area contributed by atoms with Crippen LogP contribution in [0.5, 0.6) is 0 Å². The summed E-state index contributed by atoms with van der Waals surface area (Å²) in [5.74, 6) is 0.511. The molecule has 2 amide bonds. The first-order valence-corrected chi connectivity index (χ1v) is 10.6. The van der Waals surface area contributed by atoms with Crippen LogP contribution in [0.1, 0.15) is 29.9 Å². The van der Waals surface area contributed by atoms with Crippen LogP contribution in [0.3, 0.4) is 0 Å². The monoisotopic (exact) mass is 423 g/mol. The normalized spacial score (nSPS) is 11.7. The van der Waals surface area contributed by atoms with Crippen molar-refractivity contribution in [3.63, 3.8) is 0 Å². The molecule has 0 spiro atoms. The average molecular weight is 424 g/mol. The van der Waals surface area contributed by atoms with E-state index in [1.54, 1.807) is 11.6 Å². The number of nitrogens with one attached hydrogen (secondary N) is 2. The minimum absolute atomic E-state index is 0.0696. The Morgan fingerprint density at radius 2 is 1.73 bits per heavy atom. The Morgan fingerprint density at radius 1 is 1.03 bits per heavy atom. The van der Waals surface area contributed by atoms with E-state index in [9.17, 15) is 9.59 Å². The van der Waals surface area contributed by atoms with E-state index in [0.717, 1.165) is 16.8 Å². The van der Waals surface area contributed by atoms with E-state index in [1.807, 2.05) is 68.4 Å². The van der Waals surface area contributed by atoms with E-state index in [1.165, 1.54) is 11.8 Å². The van der Waals surface area contributed by atoms with Gasteiger partial charge in [-0.1, -0.05) is 59.8 Å². The number of carbonyl (C=O) groups excluding carboxylic acids is 2. The lowest BCUT2D eigenvalue weighted by Gasteiger charge is -2.14. The number of carbonyl (C=O) groups is 2. The van der Waals surface area contributed by atoms with Crippen LogP contribution >= 0.6 is 11.8 Å². The highest BCUT2D eigenvalue weighted by Gasteiger charge is 2.15. The highest BCUT2D eigenvalue weighted by Crippen LogP contribution is 2.17. The summed E-state index contributed by atoms with van der Waals surface area (Å²) >= 11 is 1.29. The molecule has 2 aromatic carbocycles. The van der Waals surface area contributed by atoms with E-state index >= 15 is 0 Å². The highest BCUT2D eigenvalue weighted by molar-refractivity contribution is 7.99. The quantitative estimate of drug-likeness (QED) is 0.543. The van der Waals surface area contributed by atoms with Crippen LogP contribution in [0.4, 0.5) is 5.69 Å². The van der Waals surface area contributed by atoms with E-state index in [-0.39, 0.29) is 30.0 Å². The van der Waals surface area contributed by atoms with Gasteiger partial charge in [0.05, 0.1) is 18.2 Å². The lowest BCUT2D eigenvalue weighted by Crippen LogP contribution is -2.28. The minimum Gasteiger partial charge on any atom is -0.349 e. The molecule has 0 aliphatic carbocycles. The molecule has 0 fully saturated rings. The van der Waals surface area contributed by atoms with Crippen molar-refractivity contribution in [2.24, 2.45) is 7.05 Å². The number of aryl methyl sites for hydroxylation is 1. The molecule has 3 rings (SSSR count). The van der Waals surface area contributed by atoms with Crippen LogP contribution in [-0.2, 0) is 23.1 Å². The Hall–Kier alpha value is -3.13. The molecule has 1 atom stereocenters. The average Bonchev–Trinajstić information content (AvgIpc) is 3.08. The Bertz CT molecular complexity index is 1000. The fraction of sp³-hybridized carbons (Fsp3) is 0.273. The maximum absolute atomic E-state index is 12.3. The largest absolute Gasteiger partial charge is 0.349 e. The van der Waals surface area contributed by atoms with Crippen molar-refractivity contribution >= 4 is 29.3 Å². The molecule has 8 heteroatoms. The summed E-state index contributed by atoms with van der Waals surface area (Å²) in [7, 11) is 1.79. The van der Waals surface area contributed by atoms with E-state index in [4.69, 9.17) is 0 Å². The molecule has 1 unspecified atom stereocenters.